The van der Waals surface area contributed by atoms with Crippen LogP contribution in [0.4, 0.5) is 10.2 Å². The first-order valence-corrected chi connectivity index (χ1v) is 16.9. The van der Waals surface area contributed by atoms with Crippen LogP contribution in [-0.4, -0.2) is 72.9 Å². The zero-order valence-corrected chi connectivity index (χ0v) is 25.6. The molecule has 226 valence electrons. The van der Waals surface area contributed by atoms with E-state index in [1.165, 1.54) is 18.3 Å². The smallest absolute Gasteiger partial charge is 0.245 e. The monoisotopic (exact) mass is 601 g/mol. The van der Waals surface area contributed by atoms with Crippen molar-refractivity contribution in [1.82, 2.24) is 19.2 Å². The summed E-state index contributed by atoms with van der Waals surface area (Å²) in [4.78, 5) is 14.3. The van der Waals surface area contributed by atoms with E-state index in [-0.39, 0.29) is 11.9 Å². The lowest BCUT2D eigenvalue weighted by Gasteiger charge is -2.36. The fraction of sp³-hybridized carbons (Fsp3) is 0.412. The first-order chi connectivity index (χ1) is 20.9. The number of aromatic nitrogens is 2. The van der Waals surface area contributed by atoms with Gasteiger partial charge >= 0.3 is 0 Å². The Hall–Kier alpha value is -3.40. The van der Waals surface area contributed by atoms with Crippen molar-refractivity contribution in [3.63, 3.8) is 0 Å². The van der Waals surface area contributed by atoms with Gasteiger partial charge in [0, 0.05) is 67.6 Å². The fourth-order valence-corrected chi connectivity index (χ4v) is 8.28. The van der Waals surface area contributed by atoms with Crippen molar-refractivity contribution in [3.8, 4) is 11.1 Å². The van der Waals surface area contributed by atoms with Crippen LogP contribution in [0.2, 0.25) is 0 Å². The Morgan fingerprint density at radius 2 is 1.72 bits per heavy atom. The van der Waals surface area contributed by atoms with Gasteiger partial charge in [0.2, 0.25) is 10.0 Å². The zero-order valence-electron chi connectivity index (χ0n) is 24.8. The van der Waals surface area contributed by atoms with Crippen molar-refractivity contribution < 1.29 is 12.8 Å². The lowest BCUT2D eigenvalue weighted by atomic mass is 10.0. The molecule has 1 unspecified atom stereocenters. The van der Waals surface area contributed by atoms with Crippen molar-refractivity contribution in [2.45, 2.75) is 56.4 Å². The predicted octanol–water partition coefficient (Wildman–Crippen LogP) is 6.14. The summed E-state index contributed by atoms with van der Waals surface area (Å²) in [7, 11) is -3.64. The first kappa shape index (κ1) is 29.7. The molecule has 1 atom stereocenters. The van der Waals surface area contributed by atoms with Gasteiger partial charge in [-0.25, -0.2) is 17.8 Å². The second kappa shape index (κ2) is 13.1. The van der Waals surface area contributed by atoms with E-state index in [1.54, 1.807) is 10.5 Å². The lowest BCUT2D eigenvalue weighted by Crippen LogP contribution is -2.48. The molecule has 4 heterocycles. The second-order valence-corrected chi connectivity index (χ2v) is 13.6. The summed E-state index contributed by atoms with van der Waals surface area (Å²) < 4.78 is 42.9. The number of unbranched alkanes of at least 4 members (excludes halogenated alkanes) is 1. The number of rotatable bonds is 10. The Bertz CT molecular complexity index is 1650. The summed E-state index contributed by atoms with van der Waals surface area (Å²) in [5, 5.41) is 1.57. The molecule has 2 aromatic heterocycles. The van der Waals surface area contributed by atoms with E-state index >= 15 is 0 Å². The van der Waals surface area contributed by atoms with Crippen LogP contribution < -0.4 is 4.90 Å². The number of aryl methyl sites for hydroxylation is 1. The van der Waals surface area contributed by atoms with Crippen LogP contribution in [0, 0.1) is 5.82 Å². The summed E-state index contributed by atoms with van der Waals surface area (Å²) in [5.74, 6) is 0.744. The largest absolute Gasteiger partial charge is 0.354 e. The molecular weight excluding hydrogens is 561 g/mol. The van der Waals surface area contributed by atoms with Crippen LogP contribution in [0.25, 0.3) is 21.9 Å². The van der Waals surface area contributed by atoms with E-state index in [0.717, 1.165) is 105 Å². The van der Waals surface area contributed by atoms with E-state index in [2.05, 4.69) is 33.8 Å². The second-order valence-electron chi connectivity index (χ2n) is 11.7. The minimum absolute atomic E-state index is 0.00261. The maximum Gasteiger partial charge on any atom is 0.245 e. The van der Waals surface area contributed by atoms with Gasteiger partial charge in [0.25, 0.3) is 0 Å². The number of nitrogens with zero attached hydrogens (tertiary/aromatic N) is 5. The molecule has 2 aliphatic rings. The Labute approximate surface area is 254 Å². The third-order valence-electron chi connectivity index (χ3n) is 8.85. The van der Waals surface area contributed by atoms with Crippen LogP contribution in [0.15, 0.2) is 78.0 Å². The highest BCUT2D eigenvalue weighted by atomic mass is 32.2. The lowest BCUT2D eigenvalue weighted by molar-refractivity contribution is 0.231. The molecule has 9 heteroatoms. The molecule has 2 saturated heterocycles. The van der Waals surface area contributed by atoms with E-state index < -0.39 is 10.0 Å². The molecule has 2 fully saturated rings. The number of hydrogen-bond acceptors (Lipinski definition) is 6. The van der Waals surface area contributed by atoms with Gasteiger partial charge in [0.1, 0.15) is 16.5 Å². The molecule has 0 saturated carbocycles. The van der Waals surface area contributed by atoms with Crippen molar-refractivity contribution in [3.05, 3.63) is 84.6 Å². The number of pyridine rings is 2. The van der Waals surface area contributed by atoms with Gasteiger partial charge in [0.05, 0.1) is 0 Å². The van der Waals surface area contributed by atoms with Crippen molar-refractivity contribution in [2.75, 3.05) is 44.2 Å². The van der Waals surface area contributed by atoms with Gasteiger partial charge in [-0.1, -0.05) is 49.7 Å². The molecule has 7 nitrogen and oxygen atoms in total. The van der Waals surface area contributed by atoms with Gasteiger partial charge < -0.3 is 4.90 Å². The third-order valence-corrected chi connectivity index (χ3v) is 10.8. The normalized spacial score (nSPS) is 18.5. The van der Waals surface area contributed by atoms with Crippen molar-refractivity contribution in [2.24, 2.45) is 0 Å². The van der Waals surface area contributed by atoms with Crippen LogP contribution in [0.3, 0.4) is 0 Å². The molecule has 0 bridgehead atoms. The zero-order chi connectivity index (χ0) is 29.8. The molecule has 43 heavy (non-hydrogen) atoms. The highest BCUT2D eigenvalue weighted by molar-refractivity contribution is 7.89. The van der Waals surface area contributed by atoms with Gasteiger partial charge in [-0.05, 0) is 74.0 Å². The average Bonchev–Trinajstić information content (AvgIpc) is 3.53. The maximum atomic E-state index is 13.8. The summed E-state index contributed by atoms with van der Waals surface area (Å²) in [6, 6.07) is 18.5. The van der Waals surface area contributed by atoms with Gasteiger partial charge in [-0.2, -0.15) is 4.31 Å². The number of piperazine rings is 1. The highest BCUT2D eigenvalue weighted by Gasteiger charge is 2.36. The molecule has 0 N–H and O–H groups in total. The van der Waals surface area contributed by atoms with Crippen LogP contribution in [-0.2, 0) is 16.4 Å². The average molecular weight is 602 g/mol. The Balaban J connectivity index is 1.10. The van der Waals surface area contributed by atoms with E-state index in [4.69, 9.17) is 4.98 Å². The third kappa shape index (κ3) is 6.59. The minimum Gasteiger partial charge on any atom is -0.354 e. The summed E-state index contributed by atoms with van der Waals surface area (Å²) in [5.41, 5.74) is 3.14. The van der Waals surface area contributed by atoms with E-state index in [1.807, 2.05) is 36.4 Å². The van der Waals surface area contributed by atoms with E-state index in [9.17, 15) is 12.8 Å². The van der Waals surface area contributed by atoms with Crippen LogP contribution >= 0.6 is 0 Å². The molecule has 0 amide bonds. The quantitative estimate of drug-likeness (QED) is 0.217. The molecule has 2 aromatic carbocycles. The van der Waals surface area contributed by atoms with Crippen LogP contribution in [0.1, 0.15) is 44.7 Å². The van der Waals surface area contributed by atoms with Gasteiger partial charge in [0.15, 0.2) is 0 Å². The Kier molecular flexibility index (Phi) is 9.02. The number of sulfonamides is 1. The summed E-state index contributed by atoms with van der Waals surface area (Å²) >= 11 is 0. The number of halogens is 1. The number of benzene rings is 2. The predicted molar refractivity (Wildman–Crippen MR) is 170 cm³/mol. The molecule has 6 rings (SSSR count). The highest BCUT2D eigenvalue weighted by Crippen LogP contribution is 2.32. The SMILES string of the molecule is CCCCc1cc(-c2ccc(F)cc2)cc(N2CCN(CCC3CCCN3S(=O)(=O)c3cncc4ccccc34)CC2)n1. The summed E-state index contributed by atoms with van der Waals surface area (Å²) in [6.45, 7) is 7.14. The fourth-order valence-electron chi connectivity index (χ4n) is 6.40. The minimum atomic E-state index is -3.64. The standard InChI is InChI=1S/C34H40FN5O2S/c1-2-3-8-30-22-28(26-11-13-29(35)14-12-26)23-34(37-30)39-20-18-38(19-21-39)17-15-31-9-6-16-40(31)43(41,42)33-25-36-24-27-7-4-5-10-32(27)33/h4-5,7,10-14,22-25,31H,2-3,6,8-9,15-21H2,1H3. The molecular formula is C34H40FN5O2S. The molecule has 0 spiro atoms. The van der Waals surface area contributed by atoms with Gasteiger partial charge in [-0.3, -0.25) is 9.88 Å². The number of fused-ring (bicyclic) bond motifs is 1. The van der Waals surface area contributed by atoms with Gasteiger partial charge in [-0.15, -0.1) is 0 Å². The first-order valence-electron chi connectivity index (χ1n) is 15.5. The van der Waals surface area contributed by atoms with Crippen LogP contribution in [0.5, 0.6) is 0 Å². The number of anilines is 1. The molecule has 4 aromatic rings. The maximum absolute atomic E-state index is 13.8. The molecule has 0 aliphatic carbocycles. The Morgan fingerprint density at radius 3 is 2.51 bits per heavy atom. The molecule has 2 aliphatic heterocycles. The van der Waals surface area contributed by atoms with Crippen molar-refractivity contribution in [1.29, 1.82) is 0 Å². The van der Waals surface area contributed by atoms with Crippen molar-refractivity contribution >= 4 is 26.6 Å². The topological polar surface area (TPSA) is 69.6 Å². The number of hydrogen-bond donors (Lipinski definition) is 0. The Morgan fingerprint density at radius 1 is 0.930 bits per heavy atom. The molecule has 0 radical (unpaired) electrons. The summed E-state index contributed by atoms with van der Waals surface area (Å²) in [6.07, 6.45) is 8.91. The van der Waals surface area contributed by atoms with E-state index in [0.29, 0.717) is 11.4 Å².